The Morgan fingerprint density at radius 1 is 1.03 bits per heavy atom. The molecule has 3 aromatic rings. The summed E-state index contributed by atoms with van der Waals surface area (Å²) in [5.74, 6) is -0.225. The molecule has 8 nitrogen and oxygen atoms in total. The molecule has 1 fully saturated rings. The second-order valence-corrected chi connectivity index (χ2v) is 8.61. The molecule has 1 atom stereocenters. The molecule has 0 aliphatic carbocycles. The van der Waals surface area contributed by atoms with Crippen LogP contribution >= 0.6 is 0 Å². The highest BCUT2D eigenvalue weighted by molar-refractivity contribution is 6.46. The number of aliphatic hydroxyl groups is 1. The van der Waals surface area contributed by atoms with Crippen LogP contribution < -0.4 is 9.47 Å². The number of aryl methyl sites for hydroxylation is 1. The second kappa shape index (κ2) is 10.5. The van der Waals surface area contributed by atoms with E-state index in [-0.39, 0.29) is 17.4 Å². The van der Waals surface area contributed by atoms with Crippen molar-refractivity contribution in [3.05, 3.63) is 84.0 Å². The molecule has 1 aromatic heterocycles. The number of amides is 1. The van der Waals surface area contributed by atoms with E-state index >= 15 is 0 Å². The predicted octanol–water partition coefficient (Wildman–Crippen LogP) is 4.19. The van der Waals surface area contributed by atoms with E-state index in [1.807, 2.05) is 48.9 Å². The lowest BCUT2D eigenvalue weighted by Crippen LogP contribution is -2.31. The summed E-state index contributed by atoms with van der Waals surface area (Å²) in [6.07, 6.45) is 5.90. The van der Waals surface area contributed by atoms with E-state index in [1.165, 1.54) is 4.90 Å². The highest BCUT2D eigenvalue weighted by Gasteiger charge is 2.45. The number of carbonyl (C=O) groups is 2. The molecule has 1 saturated heterocycles. The molecule has 2 aromatic carbocycles. The number of rotatable bonds is 9. The van der Waals surface area contributed by atoms with Crippen LogP contribution in [0, 0.1) is 0 Å². The average molecular weight is 476 g/mol. The Hall–Kier alpha value is -4.07. The molecule has 1 amide bonds. The first-order chi connectivity index (χ1) is 16.9. The van der Waals surface area contributed by atoms with Crippen LogP contribution in [0.25, 0.3) is 5.76 Å². The molecule has 0 spiro atoms. The van der Waals surface area contributed by atoms with E-state index in [4.69, 9.17) is 9.47 Å². The van der Waals surface area contributed by atoms with Crippen LogP contribution in [0.5, 0.6) is 11.5 Å². The molecule has 8 heteroatoms. The normalized spacial score (nSPS) is 17.3. The zero-order valence-corrected chi connectivity index (χ0v) is 20.0. The van der Waals surface area contributed by atoms with Crippen molar-refractivity contribution in [1.29, 1.82) is 0 Å². The van der Waals surface area contributed by atoms with Crippen molar-refractivity contribution < 1.29 is 24.2 Å². The van der Waals surface area contributed by atoms with Crippen LogP contribution in [0.2, 0.25) is 0 Å². The Morgan fingerprint density at radius 2 is 1.71 bits per heavy atom. The Labute approximate surface area is 204 Å². The summed E-state index contributed by atoms with van der Waals surface area (Å²) in [6, 6.07) is 13.3. The van der Waals surface area contributed by atoms with Gasteiger partial charge in [-0.15, -0.1) is 0 Å². The summed E-state index contributed by atoms with van der Waals surface area (Å²) in [5.41, 5.74) is 1.23. The third-order valence-electron chi connectivity index (χ3n) is 5.85. The van der Waals surface area contributed by atoms with Crippen LogP contribution in [0.4, 0.5) is 0 Å². The molecular formula is C27H29N3O5. The van der Waals surface area contributed by atoms with Gasteiger partial charge in [0.25, 0.3) is 11.7 Å². The number of carbonyl (C=O) groups excluding carboxylic acids is 2. The maximum Gasteiger partial charge on any atom is 0.295 e. The van der Waals surface area contributed by atoms with Gasteiger partial charge in [0.15, 0.2) is 0 Å². The van der Waals surface area contributed by atoms with Crippen molar-refractivity contribution in [3.8, 4) is 11.5 Å². The van der Waals surface area contributed by atoms with Crippen molar-refractivity contribution in [3.63, 3.8) is 0 Å². The average Bonchev–Trinajstić information content (AvgIpc) is 3.46. The number of hydrogen-bond donors (Lipinski definition) is 1. The molecule has 35 heavy (non-hydrogen) atoms. The first-order valence-corrected chi connectivity index (χ1v) is 11.5. The molecule has 0 bridgehead atoms. The highest BCUT2D eigenvalue weighted by Crippen LogP contribution is 2.40. The van der Waals surface area contributed by atoms with Crippen LogP contribution in [-0.4, -0.2) is 51.0 Å². The third-order valence-corrected chi connectivity index (χ3v) is 5.85. The second-order valence-electron chi connectivity index (χ2n) is 8.61. The van der Waals surface area contributed by atoms with Crippen LogP contribution in [-0.2, 0) is 16.1 Å². The minimum absolute atomic E-state index is 0.0183. The number of benzene rings is 2. The van der Waals surface area contributed by atoms with Gasteiger partial charge in [-0.05, 0) is 62.2 Å². The topological polar surface area (TPSA) is 93.9 Å². The number of aliphatic hydroxyl groups excluding tert-OH is 1. The molecular weight excluding hydrogens is 446 g/mol. The van der Waals surface area contributed by atoms with Crippen LogP contribution in [0.15, 0.2) is 72.8 Å². The summed E-state index contributed by atoms with van der Waals surface area (Å²) in [6.45, 7) is 4.88. The lowest BCUT2D eigenvalue weighted by Gasteiger charge is -2.25. The Morgan fingerprint density at radius 3 is 2.31 bits per heavy atom. The quantitative estimate of drug-likeness (QED) is 0.283. The monoisotopic (exact) mass is 475 g/mol. The number of nitrogens with zero attached hydrogens (tertiary/aromatic N) is 3. The van der Waals surface area contributed by atoms with Gasteiger partial charge < -0.3 is 24.0 Å². The van der Waals surface area contributed by atoms with Gasteiger partial charge in [-0.2, -0.15) is 0 Å². The molecule has 0 unspecified atom stereocenters. The molecule has 4 rings (SSSR count). The molecule has 0 saturated carbocycles. The van der Waals surface area contributed by atoms with E-state index in [0.717, 1.165) is 5.56 Å². The predicted molar refractivity (Wildman–Crippen MR) is 131 cm³/mol. The van der Waals surface area contributed by atoms with Gasteiger partial charge in [0.2, 0.25) is 0 Å². The summed E-state index contributed by atoms with van der Waals surface area (Å²) in [7, 11) is 1.55. The Balaban J connectivity index is 1.71. The number of hydrogen-bond acceptors (Lipinski definition) is 6. The van der Waals surface area contributed by atoms with Gasteiger partial charge in [0, 0.05) is 31.0 Å². The molecule has 2 heterocycles. The van der Waals surface area contributed by atoms with Gasteiger partial charge in [-0.1, -0.05) is 12.1 Å². The smallest absolute Gasteiger partial charge is 0.295 e. The fraction of sp³-hybridized carbons (Fsp3) is 0.296. The fourth-order valence-electron chi connectivity index (χ4n) is 4.21. The van der Waals surface area contributed by atoms with Gasteiger partial charge in [-0.3, -0.25) is 9.59 Å². The van der Waals surface area contributed by atoms with Crippen molar-refractivity contribution in [2.45, 2.75) is 39.0 Å². The maximum atomic E-state index is 13.2. The zero-order chi connectivity index (χ0) is 24.9. The molecule has 182 valence electrons. The number of Topliss-reactive ketones (excluding diaryl/α,β-unsaturated/α-hetero) is 1. The molecule has 0 radical (unpaired) electrons. The van der Waals surface area contributed by atoms with Gasteiger partial charge >= 0.3 is 0 Å². The van der Waals surface area contributed by atoms with Crippen LogP contribution in [0.1, 0.15) is 37.4 Å². The number of imidazole rings is 1. The highest BCUT2D eigenvalue weighted by atomic mass is 16.5. The minimum atomic E-state index is -0.715. The number of aromatic nitrogens is 2. The van der Waals surface area contributed by atoms with E-state index in [1.54, 1.807) is 43.9 Å². The van der Waals surface area contributed by atoms with E-state index in [0.29, 0.717) is 36.6 Å². The summed E-state index contributed by atoms with van der Waals surface area (Å²) in [5, 5.41) is 11.2. The third kappa shape index (κ3) is 5.21. The number of methoxy groups -OCH3 is 1. The minimum Gasteiger partial charge on any atom is -0.507 e. The Kier molecular flexibility index (Phi) is 7.19. The molecule has 1 aliphatic rings. The largest absolute Gasteiger partial charge is 0.507 e. The van der Waals surface area contributed by atoms with Crippen molar-refractivity contribution in [1.82, 2.24) is 14.5 Å². The number of ether oxygens (including phenoxy) is 2. The lowest BCUT2D eigenvalue weighted by molar-refractivity contribution is -0.139. The molecule has 1 N–H and O–H groups in total. The van der Waals surface area contributed by atoms with Crippen LogP contribution in [0.3, 0.4) is 0 Å². The SMILES string of the molecule is COc1ccc(/C(O)=C2\C(=O)C(=O)N(CCCn3ccnc3)[C@H]2c2ccc(OC(C)C)cc2)cc1. The summed E-state index contributed by atoms with van der Waals surface area (Å²) in [4.78, 5) is 31.8. The van der Waals surface area contributed by atoms with Gasteiger partial charge in [-0.25, -0.2) is 4.98 Å². The van der Waals surface area contributed by atoms with Crippen molar-refractivity contribution in [2.75, 3.05) is 13.7 Å². The lowest BCUT2D eigenvalue weighted by atomic mass is 9.95. The van der Waals surface area contributed by atoms with Gasteiger partial charge in [0.1, 0.15) is 17.3 Å². The summed E-state index contributed by atoms with van der Waals surface area (Å²) < 4.78 is 12.8. The van der Waals surface area contributed by atoms with E-state index in [2.05, 4.69) is 4.98 Å². The van der Waals surface area contributed by atoms with E-state index < -0.39 is 17.7 Å². The first kappa shape index (κ1) is 24.1. The first-order valence-electron chi connectivity index (χ1n) is 11.5. The molecule has 1 aliphatic heterocycles. The van der Waals surface area contributed by atoms with Crippen molar-refractivity contribution >= 4 is 17.4 Å². The van der Waals surface area contributed by atoms with E-state index in [9.17, 15) is 14.7 Å². The fourth-order valence-corrected chi connectivity index (χ4v) is 4.21. The van der Waals surface area contributed by atoms with Gasteiger partial charge in [0.05, 0.1) is 31.2 Å². The Bertz CT molecular complexity index is 1200. The summed E-state index contributed by atoms with van der Waals surface area (Å²) >= 11 is 0. The standard InChI is InChI=1S/C27H29N3O5/c1-18(2)35-22-11-5-19(6-12-22)24-23(25(31)20-7-9-21(34-3)10-8-20)26(32)27(33)30(24)15-4-14-29-16-13-28-17-29/h5-13,16-18,24,31H,4,14-15H2,1-3H3/b25-23+/t24-/m0/s1. The number of ketones is 1. The van der Waals surface area contributed by atoms with Crippen molar-refractivity contribution in [2.24, 2.45) is 0 Å². The number of likely N-dealkylation sites (tertiary alicyclic amines) is 1. The maximum absolute atomic E-state index is 13.2. The zero-order valence-electron chi connectivity index (χ0n) is 20.0.